The summed E-state index contributed by atoms with van der Waals surface area (Å²) in [6.07, 6.45) is -0.110. The van der Waals surface area contributed by atoms with Crippen molar-refractivity contribution in [1.29, 1.82) is 0 Å². The molecule has 18 nitrogen and oxygen atoms in total. The molecule has 0 atom stereocenters. The molecule has 1 aliphatic heterocycles. The third-order valence-electron chi connectivity index (χ3n) is 14.9. The predicted molar refractivity (Wildman–Crippen MR) is 434 cm³/mol. The summed E-state index contributed by atoms with van der Waals surface area (Å²) in [7, 11) is 0. The largest absolute Gasteiger partial charge is 0.508 e. The van der Waals surface area contributed by atoms with E-state index >= 15 is 0 Å². The Morgan fingerprint density at radius 3 is 1.17 bits per heavy atom. The van der Waals surface area contributed by atoms with Gasteiger partial charge in [0, 0.05) is 58.3 Å². The lowest BCUT2D eigenvalue weighted by Gasteiger charge is -2.35. The molecule has 1 aromatic heterocycles. The van der Waals surface area contributed by atoms with Crippen LogP contribution in [0.5, 0.6) is 28.7 Å². The number of nitrogen functional groups attached to an aromatic ring is 2. The molecule has 0 saturated carbocycles. The standard InChI is InChI=1S/C31H34N4O2.C18H21NO3.C13H13NO.C11H15NO3.C7H7Br.C6H7NO.CH4/c1-23-11-13-26(14-12-23)35-29(21-28(32-35)31(2,3)4)34-20-8-19-33(30(34)36)25-15-17-27(18-16-25)37-22-24-9-6-5-7-10-24;1-18(2,3)22-17(20)19-15-9-11-16(12-10-15)21-13-14-7-5-4-6-8-14;14-12-6-8-13(9-7-12)15-10-11-4-2-1-3-5-11;1-11(2,3)15-10(14)12-8-4-6-9(13)7-5-8;8-6-7-4-2-1-3-5-7;7-5-1-3-6(8)4-2-5;/h5-7,9-18,21H,8,19-20,22H2,1-4H3;4-12H,13H2,1-3H3,(H,19,20);1-9H,10,14H2;4-7,13H,1-3H3,(H,12,14);1-5H,6H2;1-4,8H,7H2;1H4. The molecule has 0 radical (unpaired) electrons. The van der Waals surface area contributed by atoms with Gasteiger partial charge in [0.1, 0.15) is 65.6 Å². The molecule has 11 aromatic rings. The van der Waals surface area contributed by atoms with Crippen LogP contribution in [0.3, 0.4) is 0 Å². The van der Waals surface area contributed by atoms with Crippen molar-refractivity contribution in [3.8, 4) is 34.4 Å². The number of anilines is 6. The van der Waals surface area contributed by atoms with Crippen LogP contribution >= 0.6 is 15.9 Å². The fourth-order valence-corrected chi connectivity index (χ4v) is 9.93. The van der Waals surface area contributed by atoms with Crippen molar-refractivity contribution in [3.05, 3.63) is 306 Å². The van der Waals surface area contributed by atoms with E-state index in [1.807, 2.05) is 205 Å². The number of aromatic hydroxyl groups is 2. The van der Waals surface area contributed by atoms with Crippen LogP contribution in [0.4, 0.5) is 48.6 Å². The second-order valence-electron chi connectivity index (χ2n) is 27.2. The number of urea groups is 1. The number of amides is 4. The number of nitrogens with one attached hydrogen (secondary N) is 2. The number of ether oxygens (including phenoxy) is 5. The lowest BCUT2D eigenvalue weighted by Crippen LogP contribution is -2.50. The summed E-state index contributed by atoms with van der Waals surface area (Å²) in [6, 6.07) is 85.6. The number of aryl methyl sites for hydroxylation is 1. The molecule has 2 heterocycles. The quantitative estimate of drug-likeness (QED) is 0.0319. The van der Waals surface area contributed by atoms with Crippen LogP contribution in [0.25, 0.3) is 5.69 Å². The molecule has 0 bridgehead atoms. The Labute approximate surface area is 633 Å². The van der Waals surface area contributed by atoms with E-state index in [2.05, 4.69) is 96.7 Å². The number of aromatic nitrogens is 2. The van der Waals surface area contributed by atoms with Gasteiger partial charge < -0.3 is 45.4 Å². The van der Waals surface area contributed by atoms with Crippen LogP contribution in [0, 0.1) is 6.92 Å². The minimum atomic E-state index is -0.513. The Kier molecular flexibility index (Phi) is 32.6. The molecule has 1 fully saturated rings. The molecular weight excluding hydrogens is 1400 g/mol. The Bertz CT molecular complexity index is 4330. The normalized spacial score (nSPS) is 11.5. The van der Waals surface area contributed by atoms with Crippen LogP contribution in [-0.4, -0.2) is 62.5 Å². The van der Waals surface area contributed by atoms with Crippen molar-refractivity contribution >= 4 is 68.4 Å². The molecule has 0 spiro atoms. The first-order chi connectivity index (χ1) is 50.1. The number of nitrogens with zero attached hydrogens (tertiary/aromatic N) is 4. The second kappa shape index (κ2) is 41.6. The van der Waals surface area contributed by atoms with Gasteiger partial charge in [-0.15, -0.1) is 0 Å². The first-order valence-corrected chi connectivity index (χ1v) is 35.5. The SMILES string of the molecule is BrCc1ccccc1.C.CC(C)(C)OC(=O)Nc1ccc(O)cc1.CC(C)(C)OC(=O)Nc1ccc(OCc2ccccc2)cc1.Cc1ccc(-n2nc(C(C)(C)C)cc2N2CCCN(c3ccc(OCc4ccccc4)cc3)C2=O)cc1.Nc1ccc(O)cc1.Nc1ccc(OCc2ccccc2)cc1. The van der Waals surface area contributed by atoms with Gasteiger partial charge in [-0.25, -0.2) is 19.1 Å². The molecule has 19 heteroatoms. The van der Waals surface area contributed by atoms with Gasteiger partial charge in [-0.1, -0.05) is 183 Å². The van der Waals surface area contributed by atoms with Gasteiger partial charge in [0.15, 0.2) is 0 Å². The highest BCUT2D eigenvalue weighted by atomic mass is 79.9. The highest BCUT2D eigenvalue weighted by Gasteiger charge is 2.32. The number of phenols is 2. The average molecular weight is 1500 g/mol. The zero-order chi connectivity index (χ0) is 75.8. The molecule has 4 amide bonds. The van der Waals surface area contributed by atoms with Gasteiger partial charge in [-0.3, -0.25) is 20.4 Å². The van der Waals surface area contributed by atoms with E-state index in [0.717, 1.165) is 74.3 Å². The smallest absolute Gasteiger partial charge is 0.412 e. The Balaban J connectivity index is 0.000000218. The molecule has 0 aliphatic carbocycles. The summed E-state index contributed by atoms with van der Waals surface area (Å²) in [5.41, 5.74) is 21.1. The van der Waals surface area contributed by atoms with E-state index in [1.54, 1.807) is 69.3 Å². The van der Waals surface area contributed by atoms with Crippen molar-refractivity contribution < 1.29 is 48.3 Å². The Hall–Kier alpha value is -11.7. The van der Waals surface area contributed by atoms with Crippen LogP contribution in [0.15, 0.2) is 273 Å². The molecule has 1 saturated heterocycles. The molecule has 10 aromatic carbocycles. The second-order valence-corrected chi connectivity index (χ2v) is 27.8. The van der Waals surface area contributed by atoms with E-state index in [4.69, 9.17) is 50.5 Å². The summed E-state index contributed by atoms with van der Waals surface area (Å²) in [5.74, 6) is 3.57. The van der Waals surface area contributed by atoms with Gasteiger partial charge in [-0.2, -0.15) is 5.10 Å². The minimum absolute atomic E-state index is 0. The van der Waals surface area contributed by atoms with Crippen LogP contribution < -0.4 is 46.1 Å². The third-order valence-corrected chi connectivity index (χ3v) is 15.6. The summed E-state index contributed by atoms with van der Waals surface area (Å²) < 4.78 is 29.4. The van der Waals surface area contributed by atoms with Crippen LogP contribution in [0.2, 0.25) is 0 Å². The number of alkyl halides is 1. The van der Waals surface area contributed by atoms with E-state index in [-0.39, 0.29) is 30.4 Å². The zero-order valence-corrected chi connectivity index (χ0v) is 63.0. The van der Waals surface area contributed by atoms with Gasteiger partial charge in [0.25, 0.3) is 0 Å². The van der Waals surface area contributed by atoms with Gasteiger partial charge in [0.2, 0.25) is 0 Å². The fraction of sp³-hybridized carbons (Fsp3) is 0.241. The molecule has 8 N–H and O–H groups in total. The summed E-state index contributed by atoms with van der Waals surface area (Å²) >= 11 is 3.36. The van der Waals surface area contributed by atoms with Crippen molar-refractivity contribution in [1.82, 2.24) is 9.78 Å². The average Bonchev–Trinajstić information content (AvgIpc) is 1.52. The number of halogens is 1. The number of carbonyl (C=O) groups excluding carboxylic acids is 3. The number of benzene rings is 10. The van der Waals surface area contributed by atoms with Crippen LogP contribution in [0.1, 0.15) is 110 Å². The molecule has 106 heavy (non-hydrogen) atoms. The number of hydrogen-bond acceptors (Lipinski definition) is 13. The number of carbonyl (C=O) groups is 3. The van der Waals surface area contributed by atoms with Gasteiger partial charge >= 0.3 is 18.2 Å². The lowest BCUT2D eigenvalue weighted by atomic mass is 9.92. The van der Waals surface area contributed by atoms with Gasteiger partial charge in [0.05, 0.1) is 11.4 Å². The monoisotopic (exact) mass is 1500 g/mol. The maximum absolute atomic E-state index is 13.8. The summed E-state index contributed by atoms with van der Waals surface area (Å²) in [4.78, 5) is 40.5. The van der Waals surface area contributed by atoms with Crippen molar-refractivity contribution in [2.75, 3.05) is 45.0 Å². The summed E-state index contributed by atoms with van der Waals surface area (Å²) in [5, 5.41) is 28.9. The Morgan fingerprint density at radius 2 is 0.802 bits per heavy atom. The molecular formula is C87H101BrN8O10. The van der Waals surface area contributed by atoms with E-state index in [0.29, 0.717) is 50.0 Å². The Morgan fingerprint density at radius 1 is 0.462 bits per heavy atom. The number of phenolic OH excluding ortho intramolecular Hbond substituents is 2. The van der Waals surface area contributed by atoms with Crippen LogP contribution in [-0.2, 0) is 40.0 Å². The zero-order valence-electron chi connectivity index (χ0n) is 61.4. The summed E-state index contributed by atoms with van der Waals surface area (Å²) in [6.45, 7) is 22.3. The highest BCUT2D eigenvalue weighted by Crippen LogP contribution is 2.33. The van der Waals surface area contributed by atoms with E-state index < -0.39 is 23.4 Å². The topological polar surface area (TPSA) is 238 Å². The number of nitrogens with two attached hydrogens (primary N) is 2. The maximum Gasteiger partial charge on any atom is 0.412 e. The highest BCUT2D eigenvalue weighted by molar-refractivity contribution is 9.08. The lowest BCUT2D eigenvalue weighted by molar-refractivity contribution is 0.0624. The van der Waals surface area contributed by atoms with E-state index in [1.165, 1.54) is 23.3 Å². The fourth-order valence-electron chi connectivity index (χ4n) is 9.55. The molecule has 12 rings (SSSR count). The number of rotatable bonds is 15. The first kappa shape index (κ1) is 83.2. The molecule has 1 aliphatic rings. The maximum atomic E-state index is 13.8. The minimum Gasteiger partial charge on any atom is -0.508 e. The van der Waals surface area contributed by atoms with Crippen molar-refractivity contribution in [3.63, 3.8) is 0 Å². The third kappa shape index (κ3) is 30.3. The van der Waals surface area contributed by atoms with Gasteiger partial charge in [-0.05, 0) is 211 Å². The van der Waals surface area contributed by atoms with Crippen molar-refractivity contribution in [2.24, 2.45) is 0 Å². The van der Waals surface area contributed by atoms with Crippen molar-refractivity contribution in [2.45, 2.75) is 125 Å². The molecule has 556 valence electrons. The van der Waals surface area contributed by atoms with E-state index in [9.17, 15) is 14.4 Å². The number of hydrogen-bond donors (Lipinski definition) is 6. The first-order valence-electron chi connectivity index (χ1n) is 34.4. The molecule has 0 unspecified atom stereocenters. The predicted octanol–water partition coefficient (Wildman–Crippen LogP) is 21.3.